The summed E-state index contributed by atoms with van der Waals surface area (Å²) in [4.78, 5) is 41.9. The summed E-state index contributed by atoms with van der Waals surface area (Å²) >= 11 is 0. The molecule has 1 aliphatic heterocycles. The zero-order chi connectivity index (χ0) is 27.8. The van der Waals surface area contributed by atoms with E-state index in [0.717, 1.165) is 24.0 Å². The van der Waals surface area contributed by atoms with Crippen LogP contribution in [-0.2, 0) is 20.8 Å². The van der Waals surface area contributed by atoms with Gasteiger partial charge < -0.3 is 26.0 Å². The highest BCUT2D eigenvalue weighted by molar-refractivity contribution is 5.92. The first-order valence-electron chi connectivity index (χ1n) is 14.1. The van der Waals surface area contributed by atoms with Crippen LogP contribution in [0.4, 0.5) is 0 Å². The molecule has 1 saturated heterocycles. The van der Waals surface area contributed by atoms with E-state index < -0.39 is 18.1 Å². The second kappa shape index (κ2) is 13.6. The number of benzene rings is 2. The number of likely N-dealkylation sites (tertiary alicyclic amines) is 1. The molecule has 4 N–H and O–H groups in total. The van der Waals surface area contributed by atoms with Gasteiger partial charge in [0.05, 0.1) is 7.11 Å². The van der Waals surface area contributed by atoms with Gasteiger partial charge in [-0.2, -0.15) is 0 Å². The number of methoxy groups -OCH3 is 1. The first-order valence-corrected chi connectivity index (χ1v) is 14.1. The summed E-state index contributed by atoms with van der Waals surface area (Å²) in [5.41, 5.74) is 8.20. The molecule has 0 radical (unpaired) electrons. The lowest BCUT2D eigenvalue weighted by Crippen LogP contribution is -2.53. The molecular formula is C31H42N4O4. The van der Waals surface area contributed by atoms with Crippen LogP contribution in [0.1, 0.15) is 62.1 Å². The van der Waals surface area contributed by atoms with Crippen molar-refractivity contribution in [2.24, 2.45) is 17.6 Å². The van der Waals surface area contributed by atoms with Gasteiger partial charge in [-0.15, -0.1) is 0 Å². The maximum absolute atomic E-state index is 13.7. The van der Waals surface area contributed by atoms with Crippen molar-refractivity contribution in [3.05, 3.63) is 65.7 Å². The average Bonchev–Trinajstić information content (AvgIpc) is 3.43. The fourth-order valence-corrected chi connectivity index (χ4v) is 6.23. The van der Waals surface area contributed by atoms with E-state index in [1.807, 2.05) is 54.6 Å². The normalized spacial score (nSPS) is 21.2. The number of ether oxygens (including phenoxy) is 1. The maximum atomic E-state index is 13.7. The summed E-state index contributed by atoms with van der Waals surface area (Å²) in [6.07, 6.45) is 6.96. The van der Waals surface area contributed by atoms with Crippen LogP contribution in [0, 0.1) is 11.8 Å². The predicted molar refractivity (Wildman–Crippen MR) is 151 cm³/mol. The summed E-state index contributed by atoms with van der Waals surface area (Å²) in [6, 6.07) is 15.1. The van der Waals surface area contributed by atoms with Gasteiger partial charge in [0.25, 0.3) is 0 Å². The summed E-state index contributed by atoms with van der Waals surface area (Å²) in [7, 11) is 3.15. The molecule has 8 heteroatoms. The van der Waals surface area contributed by atoms with Crippen molar-refractivity contribution >= 4 is 17.7 Å². The largest absolute Gasteiger partial charge is 0.496 e. The van der Waals surface area contributed by atoms with Gasteiger partial charge in [0.15, 0.2) is 0 Å². The van der Waals surface area contributed by atoms with Crippen molar-refractivity contribution in [2.45, 2.75) is 69.5 Å². The Kier molecular flexibility index (Phi) is 9.98. The average molecular weight is 535 g/mol. The molecular weight excluding hydrogens is 492 g/mol. The smallest absolute Gasteiger partial charge is 0.243 e. The molecule has 0 bridgehead atoms. The third-order valence-electron chi connectivity index (χ3n) is 8.37. The van der Waals surface area contributed by atoms with Gasteiger partial charge in [0, 0.05) is 38.0 Å². The van der Waals surface area contributed by atoms with E-state index >= 15 is 0 Å². The van der Waals surface area contributed by atoms with E-state index in [2.05, 4.69) is 10.6 Å². The lowest BCUT2D eigenvalue weighted by atomic mass is 9.79. The van der Waals surface area contributed by atoms with Crippen LogP contribution in [0.2, 0.25) is 0 Å². The lowest BCUT2D eigenvalue weighted by molar-refractivity contribution is -0.139. The van der Waals surface area contributed by atoms with E-state index in [9.17, 15) is 14.4 Å². The highest BCUT2D eigenvalue weighted by Crippen LogP contribution is 2.38. The molecule has 1 aliphatic carbocycles. The molecule has 1 saturated carbocycles. The number of nitrogens with one attached hydrogen (secondary N) is 2. The van der Waals surface area contributed by atoms with Crippen LogP contribution in [0.15, 0.2) is 54.6 Å². The van der Waals surface area contributed by atoms with Gasteiger partial charge in [-0.1, -0.05) is 80.6 Å². The molecule has 0 unspecified atom stereocenters. The van der Waals surface area contributed by atoms with Crippen LogP contribution >= 0.6 is 0 Å². The number of carbonyl (C=O) groups is 3. The molecule has 2 aromatic carbocycles. The lowest BCUT2D eigenvalue weighted by Gasteiger charge is -2.28. The summed E-state index contributed by atoms with van der Waals surface area (Å²) in [6.45, 7) is 0.545. The molecule has 39 heavy (non-hydrogen) atoms. The van der Waals surface area contributed by atoms with E-state index in [-0.39, 0.29) is 30.1 Å². The van der Waals surface area contributed by atoms with Crippen LogP contribution in [0.25, 0.3) is 0 Å². The fraction of sp³-hybridized carbons (Fsp3) is 0.516. The Balaban J connectivity index is 1.52. The Morgan fingerprint density at radius 1 is 1.00 bits per heavy atom. The Labute approximate surface area is 231 Å². The molecule has 0 spiro atoms. The predicted octanol–water partition coefficient (Wildman–Crippen LogP) is 3.36. The Morgan fingerprint density at radius 3 is 2.38 bits per heavy atom. The third kappa shape index (κ3) is 7.18. The Bertz CT molecular complexity index is 1120. The van der Waals surface area contributed by atoms with Gasteiger partial charge in [-0.05, 0) is 29.9 Å². The minimum absolute atomic E-state index is 0.0738. The second-order valence-corrected chi connectivity index (χ2v) is 10.9. The van der Waals surface area contributed by atoms with Gasteiger partial charge in [-0.25, -0.2) is 0 Å². The maximum Gasteiger partial charge on any atom is 0.243 e. The Hall–Kier alpha value is -3.39. The van der Waals surface area contributed by atoms with Gasteiger partial charge in [-0.3, -0.25) is 14.4 Å². The van der Waals surface area contributed by atoms with Crippen molar-refractivity contribution in [1.82, 2.24) is 15.5 Å². The SMILES string of the molecule is CNC(=O)[C@H](Cc1ccccc1)NC(=O)[C@@H]1C[C@@H](C2CCCCC2)CN1C(=O)C[C@H](N)c1ccccc1OC. The van der Waals surface area contributed by atoms with Crippen LogP contribution in [0.5, 0.6) is 5.75 Å². The molecule has 1 heterocycles. The summed E-state index contributed by atoms with van der Waals surface area (Å²) < 4.78 is 5.45. The number of rotatable bonds is 10. The number of carbonyl (C=O) groups excluding carboxylic acids is 3. The fourth-order valence-electron chi connectivity index (χ4n) is 6.23. The highest BCUT2D eigenvalue weighted by Gasteiger charge is 2.43. The first-order chi connectivity index (χ1) is 18.9. The van der Waals surface area contributed by atoms with Crippen molar-refractivity contribution < 1.29 is 19.1 Å². The van der Waals surface area contributed by atoms with E-state index in [0.29, 0.717) is 31.1 Å². The quantitative estimate of drug-likeness (QED) is 0.433. The summed E-state index contributed by atoms with van der Waals surface area (Å²) in [5.74, 6) is 0.727. The molecule has 4 atom stereocenters. The number of hydrogen-bond acceptors (Lipinski definition) is 5. The Morgan fingerprint density at radius 2 is 1.69 bits per heavy atom. The van der Waals surface area contributed by atoms with Crippen molar-refractivity contribution in [3.8, 4) is 5.75 Å². The molecule has 3 amide bonds. The van der Waals surface area contributed by atoms with Gasteiger partial charge in [0.1, 0.15) is 17.8 Å². The minimum atomic E-state index is -0.730. The number of nitrogens with two attached hydrogens (primary N) is 1. The number of likely N-dealkylation sites (N-methyl/N-ethyl adjacent to an activating group) is 1. The van der Waals surface area contributed by atoms with Crippen molar-refractivity contribution in [1.29, 1.82) is 0 Å². The number of hydrogen-bond donors (Lipinski definition) is 3. The number of amides is 3. The molecule has 8 nitrogen and oxygen atoms in total. The zero-order valence-corrected chi connectivity index (χ0v) is 23.1. The minimum Gasteiger partial charge on any atom is -0.496 e. The van der Waals surface area contributed by atoms with Gasteiger partial charge in [0.2, 0.25) is 17.7 Å². The molecule has 2 aliphatic rings. The van der Waals surface area contributed by atoms with E-state index in [1.165, 1.54) is 19.3 Å². The summed E-state index contributed by atoms with van der Waals surface area (Å²) in [5, 5.41) is 5.64. The first kappa shape index (κ1) is 28.6. The van der Waals surface area contributed by atoms with E-state index in [4.69, 9.17) is 10.5 Å². The third-order valence-corrected chi connectivity index (χ3v) is 8.37. The second-order valence-electron chi connectivity index (χ2n) is 10.9. The molecule has 4 rings (SSSR count). The van der Waals surface area contributed by atoms with Crippen LogP contribution in [-0.4, -0.2) is 55.4 Å². The van der Waals surface area contributed by atoms with Crippen molar-refractivity contribution in [2.75, 3.05) is 20.7 Å². The molecule has 2 aromatic rings. The number of para-hydroxylation sites is 1. The standard InChI is InChI=1S/C31H42N4O4/c1-33-30(37)26(17-21-11-5-3-6-12-21)34-31(38)27-18-23(22-13-7-4-8-14-22)20-35(27)29(36)19-25(32)24-15-9-10-16-28(24)39-2/h3,5-6,9-12,15-16,22-23,25-27H,4,7-8,13-14,17-20,32H2,1-2H3,(H,33,37)(H,34,38)/t23-,25+,26+,27+/m1/s1. The molecule has 0 aromatic heterocycles. The van der Waals surface area contributed by atoms with E-state index in [1.54, 1.807) is 19.1 Å². The van der Waals surface area contributed by atoms with Crippen LogP contribution in [0.3, 0.4) is 0 Å². The monoisotopic (exact) mass is 534 g/mol. The van der Waals surface area contributed by atoms with Gasteiger partial charge >= 0.3 is 0 Å². The van der Waals surface area contributed by atoms with Crippen LogP contribution < -0.4 is 21.1 Å². The zero-order valence-electron chi connectivity index (χ0n) is 23.1. The molecule has 2 fully saturated rings. The van der Waals surface area contributed by atoms with Crippen molar-refractivity contribution in [3.63, 3.8) is 0 Å². The number of nitrogens with zero attached hydrogens (tertiary/aromatic N) is 1. The topological polar surface area (TPSA) is 114 Å². The highest BCUT2D eigenvalue weighted by atomic mass is 16.5. The molecule has 210 valence electrons.